The summed E-state index contributed by atoms with van der Waals surface area (Å²) < 4.78 is 10.3. The molecule has 0 spiro atoms. The molecular formula is C13H19N3O3S. The molecule has 0 radical (unpaired) electrons. The second-order valence-corrected chi connectivity index (χ2v) is 5.25. The van der Waals surface area contributed by atoms with Gasteiger partial charge in [0.05, 0.1) is 25.0 Å². The van der Waals surface area contributed by atoms with E-state index in [1.165, 1.54) is 0 Å². The van der Waals surface area contributed by atoms with Crippen molar-refractivity contribution in [3.8, 4) is 6.07 Å². The molecule has 0 aliphatic carbocycles. The van der Waals surface area contributed by atoms with Crippen LogP contribution in [0.2, 0.25) is 0 Å². The van der Waals surface area contributed by atoms with Crippen LogP contribution in [-0.4, -0.2) is 31.8 Å². The third kappa shape index (κ3) is 4.11. The summed E-state index contributed by atoms with van der Waals surface area (Å²) in [7, 11) is 0. The van der Waals surface area contributed by atoms with Crippen molar-refractivity contribution in [1.82, 2.24) is 0 Å². The molecule has 20 heavy (non-hydrogen) atoms. The number of nitrogens with two attached hydrogens (primary N) is 1. The Hall–Kier alpha value is -1.78. The van der Waals surface area contributed by atoms with Crippen LogP contribution in [0, 0.1) is 11.3 Å². The summed E-state index contributed by atoms with van der Waals surface area (Å²) in [6.45, 7) is 6.92. The van der Waals surface area contributed by atoms with Crippen molar-refractivity contribution in [2.75, 3.05) is 30.8 Å². The molecule has 0 aliphatic rings. The molecule has 0 atom stereocenters. The van der Waals surface area contributed by atoms with E-state index in [0.717, 1.165) is 11.3 Å². The third-order valence-corrected chi connectivity index (χ3v) is 3.50. The molecule has 110 valence electrons. The molecule has 1 heterocycles. The number of nitrogens with zero attached hydrogens (tertiary/aromatic N) is 1. The highest BCUT2D eigenvalue weighted by molar-refractivity contribution is 7.18. The molecule has 6 nitrogen and oxygen atoms in total. The Morgan fingerprint density at radius 1 is 1.55 bits per heavy atom. The molecule has 0 aliphatic heterocycles. The molecule has 0 fully saturated rings. The molecule has 1 aromatic rings. The lowest BCUT2D eigenvalue weighted by Crippen LogP contribution is -2.13. The van der Waals surface area contributed by atoms with Crippen LogP contribution in [0.4, 0.5) is 10.7 Å². The monoisotopic (exact) mass is 297 g/mol. The smallest absolute Gasteiger partial charge is 0.350 e. The Morgan fingerprint density at radius 3 is 2.80 bits per heavy atom. The van der Waals surface area contributed by atoms with E-state index < -0.39 is 5.97 Å². The Balaban J connectivity index is 2.78. The van der Waals surface area contributed by atoms with Crippen LogP contribution in [0.5, 0.6) is 0 Å². The van der Waals surface area contributed by atoms with Crippen LogP contribution >= 0.6 is 11.3 Å². The minimum absolute atomic E-state index is 0.149. The number of hydrogen-bond donors (Lipinski definition) is 2. The largest absolute Gasteiger partial charge is 0.462 e. The van der Waals surface area contributed by atoms with Crippen LogP contribution in [0.3, 0.4) is 0 Å². The lowest BCUT2D eigenvalue weighted by atomic mass is 10.2. The number of hydrogen-bond acceptors (Lipinski definition) is 7. The lowest BCUT2D eigenvalue weighted by molar-refractivity contribution is 0.0533. The van der Waals surface area contributed by atoms with E-state index in [1.807, 2.05) is 19.9 Å². The summed E-state index contributed by atoms with van der Waals surface area (Å²) >= 11 is 1.13. The van der Waals surface area contributed by atoms with E-state index in [2.05, 4.69) is 5.32 Å². The number of thiophene rings is 1. The number of carbonyl (C=O) groups excluding carboxylic acids is 1. The van der Waals surface area contributed by atoms with E-state index in [0.29, 0.717) is 18.2 Å². The normalized spacial score (nSPS) is 10.3. The van der Waals surface area contributed by atoms with Crippen molar-refractivity contribution >= 4 is 28.0 Å². The van der Waals surface area contributed by atoms with E-state index in [9.17, 15) is 4.79 Å². The molecular weight excluding hydrogens is 278 g/mol. The minimum atomic E-state index is -0.502. The van der Waals surface area contributed by atoms with Gasteiger partial charge in [0.2, 0.25) is 0 Å². The fourth-order valence-corrected chi connectivity index (χ4v) is 2.48. The number of esters is 1. The first-order chi connectivity index (χ1) is 9.51. The maximum Gasteiger partial charge on any atom is 0.350 e. The highest BCUT2D eigenvalue weighted by atomic mass is 32.1. The van der Waals surface area contributed by atoms with Crippen LogP contribution in [-0.2, 0) is 9.47 Å². The van der Waals surface area contributed by atoms with Gasteiger partial charge in [-0.2, -0.15) is 5.26 Å². The van der Waals surface area contributed by atoms with E-state index >= 15 is 0 Å². The summed E-state index contributed by atoms with van der Waals surface area (Å²) in [5.74, 6) is -0.502. The molecule has 1 rings (SSSR count). The first-order valence-electron chi connectivity index (χ1n) is 6.36. The SMILES string of the molecule is CCOC(=O)c1sc(NCCOC(C)C)c(C#N)c1N. The molecule has 3 N–H and O–H groups in total. The lowest BCUT2D eigenvalue weighted by Gasteiger charge is -2.08. The van der Waals surface area contributed by atoms with Crippen LogP contribution in [0.25, 0.3) is 0 Å². The Labute approximate surface area is 122 Å². The van der Waals surface area contributed by atoms with Crippen molar-refractivity contribution in [2.45, 2.75) is 26.9 Å². The molecule has 0 amide bonds. The van der Waals surface area contributed by atoms with Crippen molar-refractivity contribution in [3.63, 3.8) is 0 Å². The van der Waals surface area contributed by atoms with E-state index in [-0.39, 0.29) is 28.8 Å². The van der Waals surface area contributed by atoms with Crippen LogP contribution < -0.4 is 11.1 Å². The van der Waals surface area contributed by atoms with Gasteiger partial charge in [0.25, 0.3) is 0 Å². The summed E-state index contributed by atoms with van der Waals surface area (Å²) in [5.41, 5.74) is 6.26. The maximum atomic E-state index is 11.7. The maximum absolute atomic E-state index is 11.7. The van der Waals surface area contributed by atoms with E-state index in [4.69, 9.17) is 20.5 Å². The van der Waals surface area contributed by atoms with Gasteiger partial charge in [-0.05, 0) is 20.8 Å². The number of ether oxygens (including phenoxy) is 2. The van der Waals surface area contributed by atoms with E-state index in [1.54, 1.807) is 6.92 Å². The van der Waals surface area contributed by atoms with Gasteiger partial charge in [-0.1, -0.05) is 0 Å². The van der Waals surface area contributed by atoms with Crippen molar-refractivity contribution < 1.29 is 14.3 Å². The predicted molar refractivity (Wildman–Crippen MR) is 79.0 cm³/mol. The van der Waals surface area contributed by atoms with Gasteiger partial charge < -0.3 is 20.5 Å². The average Bonchev–Trinajstić information content (AvgIpc) is 2.71. The zero-order valence-corrected chi connectivity index (χ0v) is 12.7. The average molecular weight is 297 g/mol. The summed E-state index contributed by atoms with van der Waals surface area (Å²) in [4.78, 5) is 12.0. The predicted octanol–water partition coefficient (Wildman–Crippen LogP) is 2.22. The van der Waals surface area contributed by atoms with Gasteiger partial charge in [0.15, 0.2) is 0 Å². The minimum Gasteiger partial charge on any atom is -0.462 e. The van der Waals surface area contributed by atoms with Gasteiger partial charge in [0.1, 0.15) is 21.5 Å². The zero-order chi connectivity index (χ0) is 15.1. The number of carbonyl (C=O) groups is 1. The topological polar surface area (TPSA) is 97.4 Å². The van der Waals surface area contributed by atoms with Crippen LogP contribution in [0.1, 0.15) is 36.0 Å². The highest BCUT2D eigenvalue weighted by Crippen LogP contribution is 2.35. The molecule has 1 aromatic heterocycles. The van der Waals surface area contributed by atoms with Gasteiger partial charge in [-0.3, -0.25) is 0 Å². The fourth-order valence-electron chi connectivity index (χ4n) is 1.49. The molecule has 0 aromatic carbocycles. The third-order valence-electron chi connectivity index (χ3n) is 2.36. The standard InChI is InChI=1S/C13H19N3O3S/c1-4-18-13(17)11-10(15)9(7-14)12(20-11)16-5-6-19-8(2)3/h8,16H,4-6,15H2,1-3H3. The number of nitrogen functional groups attached to an aromatic ring is 1. The van der Waals surface area contributed by atoms with Gasteiger partial charge in [-0.15, -0.1) is 11.3 Å². The molecule has 7 heteroatoms. The summed E-state index contributed by atoms with van der Waals surface area (Å²) in [6.07, 6.45) is 0.149. The number of nitrogens with one attached hydrogen (secondary N) is 1. The Morgan fingerprint density at radius 2 is 2.25 bits per heavy atom. The molecule has 0 unspecified atom stereocenters. The van der Waals surface area contributed by atoms with Gasteiger partial charge >= 0.3 is 5.97 Å². The van der Waals surface area contributed by atoms with Gasteiger partial charge in [-0.25, -0.2) is 4.79 Å². The Kier molecular flexibility index (Phi) is 6.28. The molecule has 0 saturated heterocycles. The quantitative estimate of drug-likeness (QED) is 0.591. The first-order valence-corrected chi connectivity index (χ1v) is 7.17. The molecule has 0 bridgehead atoms. The highest BCUT2D eigenvalue weighted by Gasteiger charge is 2.21. The number of anilines is 2. The summed E-state index contributed by atoms with van der Waals surface area (Å²) in [6, 6.07) is 2.01. The summed E-state index contributed by atoms with van der Waals surface area (Å²) in [5, 5.41) is 12.8. The van der Waals surface area contributed by atoms with Gasteiger partial charge in [0, 0.05) is 6.54 Å². The van der Waals surface area contributed by atoms with Crippen molar-refractivity contribution in [3.05, 3.63) is 10.4 Å². The second-order valence-electron chi connectivity index (χ2n) is 4.23. The van der Waals surface area contributed by atoms with Crippen molar-refractivity contribution in [1.29, 1.82) is 5.26 Å². The Bertz CT molecular complexity index is 506. The van der Waals surface area contributed by atoms with Crippen molar-refractivity contribution in [2.24, 2.45) is 0 Å². The fraction of sp³-hybridized carbons (Fsp3) is 0.538. The first kappa shape index (κ1) is 16.3. The van der Waals surface area contributed by atoms with Crippen LogP contribution in [0.15, 0.2) is 0 Å². The second kappa shape index (κ2) is 7.72. The number of nitriles is 1. The zero-order valence-electron chi connectivity index (χ0n) is 11.9. The molecule has 0 saturated carbocycles. The number of rotatable bonds is 7.